The molecule has 0 unspecified atom stereocenters. The molecule has 1 aromatic rings. The van der Waals surface area contributed by atoms with Crippen molar-refractivity contribution in [2.24, 2.45) is 0 Å². The van der Waals surface area contributed by atoms with Crippen molar-refractivity contribution in [3.63, 3.8) is 0 Å². The highest BCUT2D eigenvalue weighted by Gasteiger charge is 2.30. The van der Waals surface area contributed by atoms with Crippen molar-refractivity contribution in [2.45, 2.75) is 0 Å². The predicted molar refractivity (Wildman–Crippen MR) is 64.9 cm³/mol. The van der Waals surface area contributed by atoms with Gasteiger partial charge in [-0.2, -0.15) is 0 Å². The normalized spacial score (nSPS) is 14.1. The summed E-state index contributed by atoms with van der Waals surface area (Å²) in [6, 6.07) is 2.16. The molecule has 1 aliphatic heterocycles. The molecule has 1 aliphatic rings. The average Bonchev–Trinajstić information content (AvgIpc) is 2.71. The number of nitrogens with zero attached hydrogens (tertiary/aromatic N) is 2. The van der Waals surface area contributed by atoms with Gasteiger partial charge in [0.15, 0.2) is 5.69 Å². The molecule has 20 heavy (non-hydrogen) atoms. The van der Waals surface area contributed by atoms with Crippen molar-refractivity contribution in [3.05, 3.63) is 24.0 Å². The SMILES string of the molecule is O=C(CN1C(=O)CNC1=O)Nc1cccnc1C(=O)O. The first-order valence-electron chi connectivity index (χ1n) is 5.55. The molecule has 0 radical (unpaired) electrons. The van der Waals surface area contributed by atoms with E-state index in [4.69, 9.17) is 5.11 Å². The second-order valence-electron chi connectivity index (χ2n) is 3.89. The van der Waals surface area contributed by atoms with E-state index in [1.165, 1.54) is 18.3 Å². The number of rotatable bonds is 4. The molecule has 0 bridgehead atoms. The van der Waals surface area contributed by atoms with Crippen LogP contribution < -0.4 is 10.6 Å². The first kappa shape index (κ1) is 13.5. The molecule has 2 heterocycles. The Balaban J connectivity index is 2.07. The summed E-state index contributed by atoms with van der Waals surface area (Å²) in [6.07, 6.45) is 1.27. The van der Waals surface area contributed by atoms with Gasteiger partial charge in [0.25, 0.3) is 5.91 Å². The summed E-state index contributed by atoms with van der Waals surface area (Å²) in [7, 11) is 0. The Kier molecular flexibility index (Phi) is 3.60. The van der Waals surface area contributed by atoms with Crippen molar-refractivity contribution in [2.75, 3.05) is 18.4 Å². The number of nitrogens with one attached hydrogen (secondary N) is 2. The van der Waals surface area contributed by atoms with Crippen LogP contribution >= 0.6 is 0 Å². The molecule has 0 aliphatic carbocycles. The second kappa shape index (κ2) is 5.34. The number of aromatic carboxylic acids is 1. The van der Waals surface area contributed by atoms with Crippen molar-refractivity contribution >= 4 is 29.5 Å². The smallest absolute Gasteiger partial charge is 0.356 e. The van der Waals surface area contributed by atoms with Gasteiger partial charge in [0.2, 0.25) is 5.91 Å². The number of carboxylic acids is 1. The summed E-state index contributed by atoms with van der Waals surface area (Å²) in [4.78, 5) is 49.6. The summed E-state index contributed by atoms with van der Waals surface area (Å²) in [5.74, 6) is -2.50. The molecular weight excluding hydrogens is 268 g/mol. The number of carbonyl (C=O) groups is 4. The maximum Gasteiger partial charge on any atom is 0.356 e. The quantitative estimate of drug-likeness (QED) is 0.623. The van der Waals surface area contributed by atoms with E-state index in [-0.39, 0.29) is 17.9 Å². The van der Waals surface area contributed by atoms with Crippen LogP contribution in [0.2, 0.25) is 0 Å². The van der Waals surface area contributed by atoms with Gasteiger partial charge >= 0.3 is 12.0 Å². The standard InChI is InChI=1S/C11H10N4O5/c16-7(5-15-8(17)4-13-11(15)20)14-6-2-1-3-12-9(6)10(18)19/h1-3H,4-5H2,(H,13,20)(H,14,16)(H,18,19). The topological polar surface area (TPSA) is 129 Å². The van der Waals surface area contributed by atoms with Crippen LogP contribution in [0.3, 0.4) is 0 Å². The molecule has 2 rings (SSSR count). The van der Waals surface area contributed by atoms with Crippen LogP contribution in [0.25, 0.3) is 0 Å². The van der Waals surface area contributed by atoms with Crippen LogP contribution in [-0.2, 0) is 9.59 Å². The van der Waals surface area contributed by atoms with Crippen molar-refractivity contribution in [3.8, 4) is 0 Å². The molecule has 3 N–H and O–H groups in total. The number of carboxylic acid groups (broad SMARTS) is 1. The van der Waals surface area contributed by atoms with Gasteiger partial charge in [0, 0.05) is 6.20 Å². The fourth-order valence-corrected chi connectivity index (χ4v) is 1.63. The van der Waals surface area contributed by atoms with Gasteiger partial charge < -0.3 is 15.7 Å². The molecule has 1 fully saturated rings. The zero-order chi connectivity index (χ0) is 14.7. The van der Waals surface area contributed by atoms with Crippen LogP contribution in [-0.4, -0.2) is 51.9 Å². The zero-order valence-electron chi connectivity index (χ0n) is 10.1. The zero-order valence-corrected chi connectivity index (χ0v) is 10.1. The first-order chi connectivity index (χ1) is 9.49. The average molecular weight is 278 g/mol. The number of anilines is 1. The molecule has 0 aromatic carbocycles. The highest BCUT2D eigenvalue weighted by Crippen LogP contribution is 2.12. The predicted octanol–water partition coefficient (Wildman–Crippen LogP) is -0.730. The number of pyridine rings is 1. The van der Waals surface area contributed by atoms with Crippen molar-refractivity contribution in [1.82, 2.24) is 15.2 Å². The van der Waals surface area contributed by atoms with Crippen LogP contribution in [0.1, 0.15) is 10.5 Å². The van der Waals surface area contributed by atoms with Gasteiger partial charge in [0.1, 0.15) is 6.54 Å². The Bertz CT molecular complexity index is 584. The molecule has 1 saturated heterocycles. The summed E-state index contributed by atoms with van der Waals surface area (Å²) >= 11 is 0. The van der Waals surface area contributed by atoms with Gasteiger partial charge in [-0.05, 0) is 12.1 Å². The molecular formula is C11H10N4O5. The Morgan fingerprint density at radius 1 is 1.45 bits per heavy atom. The van der Waals surface area contributed by atoms with E-state index >= 15 is 0 Å². The van der Waals surface area contributed by atoms with E-state index < -0.39 is 30.4 Å². The minimum Gasteiger partial charge on any atom is -0.476 e. The Hall–Kier alpha value is -2.97. The highest BCUT2D eigenvalue weighted by molar-refractivity contribution is 6.07. The number of hydrogen-bond acceptors (Lipinski definition) is 5. The van der Waals surface area contributed by atoms with Crippen LogP contribution in [0.15, 0.2) is 18.3 Å². The number of aromatic nitrogens is 1. The lowest BCUT2D eigenvalue weighted by Gasteiger charge is -2.12. The van der Waals surface area contributed by atoms with Crippen molar-refractivity contribution in [1.29, 1.82) is 0 Å². The molecule has 0 spiro atoms. The molecule has 4 amide bonds. The van der Waals surface area contributed by atoms with E-state index in [0.29, 0.717) is 0 Å². The fourth-order valence-electron chi connectivity index (χ4n) is 1.63. The maximum atomic E-state index is 11.7. The summed E-state index contributed by atoms with van der Waals surface area (Å²) < 4.78 is 0. The number of urea groups is 1. The van der Waals surface area contributed by atoms with E-state index in [2.05, 4.69) is 15.6 Å². The first-order valence-corrected chi connectivity index (χ1v) is 5.55. The third-order valence-electron chi connectivity index (χ3n) is 2.52. The third-order valence-corrected chi connectivity index (χ3v) is 2.52. The number of carbonyl (C=O) groups excluding carboxylic acids is 3. The lowest BCUT2D eigenvalue weighted by molar-refractivity contribution is -0.128. The van der Waals surface area contributed by atoms with Crippen LogP contribution in [0.5, 0.6) is 0 Å². The molecule has 9 nitrogen and oxygen atoms in total. The minimum atomic E-state index is -1.30. The Morgan fingerprint density at radius 3 is 2.80 bits per heavy atom. The summed E-state index contributed by atoms with van der Waals surface area (Å²) in [6.45, 7) is -0.641. The number of imide groups is 1. The van der Waals surface area contributed by atoms with Gasteiger partial charge in [-0.3, -0.25) is 14.5 Å². The van der Waals surface area contributed by atoms with E-state index in [1.54, 1.807) is 0 Å². The maximum absolute atomic E-state index is 11.7. The Morgan fingerprint density at radius 2 is 2.20 bits per heavy atom. The minimum absolute atomic E-state index is 0.00273. The number of hydrogen-bond donors (Lipinski definition) is 3. The molecule has 0 atom stereocenters. The monoisotopic (exact) mass is 278 g/mol. The highest BCUT2D eigenvalue weighted by atomic mass is 16.4. The molecule has 0 saturated carbocycles. The van der Waals surface area contributed by atoms with Gasteiger partial charge in [-0.1, -0.05) is 0 Å². The fraction of sp³-hybridized carbons (Fsp3) is 0.182. The lowest BCUT2D eigenvalue weighted by atomic mass is 10.3. The van der Waals surface area contributed by atoms with Gasteiger partial charge in [-0.25, -0.2) is 14.6 Å². The van der Waals surface area contributed by atoms with Gasteiger partial charge in [-0.15, -0.1) is 0 Å². The number of amides is 4. The summed E-state index contributed by atoms with van der Waals surface area (Å²) in [5.41, 5.74) is -0.324. The van der Waals surface area contributed by atoms with Crippen LogP contribution in [0, 0.1) is 0 Å². The molecule has 1 aromatic heterocycles. The summed E-state index contributed by atoms with van der Waals surface area (Å²) in [5, 5.41) is 13.5. The third kappa shape index (κ3) is 2.71. The Labute approximate surface area is 112 Å². The molecule has 104 valence electrons. The largest absolute Gasteiger partial charge is 0.476 e. The lowest BCUT2D eigenvalue weighted by Crippen LogP contribution is -2.38. The van der Waals surface area contributed by atoms with E-state index in [9.17, 15) is 19.2 Å². The van der Waals surface area contributed by atoms with E-state index in [0.717, 1.165) is 4.90 Å². The van der Waals surface area contributed by atoms with Gasteiger partial charge in [0.05, 0.1) is 12.2 Å². The van der Waals surface area contributed by atoms with Crippen molar-refractivity contribution < 1.29 is 24.3 Å². The van der Waals surface area contributed by atoms with Crippen LogP contribution in [0.4, 0.5) is 10.5 Å². The van der Waals surface area contributed by atoms with E-state index in [1.807, 2.05) is 0 Å². The second-order valence-corrected chi connectivity index (χ2v) is 3.89. The molecule has 9 heteroatoms.